The Bertz CT molecular complexity index is 669. The Balaban J connectivity index is 1.90. The quantitative estimate of drug-likeness (QED) is 0.803. The Morgan fingerprint density at radius 1 is 1.32 bits per heavy atom. The summed E-state index contributed by atoms with van der Waals surface area (Å²) in [4.78, 5) is 26.4. The first-order valence-corrected chi connectivity index (χ1v) is 7.00. The predicted octanol–water partition coefficient (Wildman–Crippen LogP) is 1.00. The summed E-state index contributed by atoms with van der Waals surface area (Å²) < 4.78 is 1.52. The van der Waals surface area contributed by atoms with E-state index in [9.17, 15) is 9.59 Å². The van der Waals surface area contributed by atoms with Gasteiger partial charge in [0.25, 0.3) is 5.56 Å². The third-order valence-corrected chi connectivity index (χ3v) is 4.00. The van der Waals surface area contributed by atoms with Crippen molar-refractivity contribution in [2.75, 3.05) is 6.54 Å². The molecule has 0 fully saturated rings. The Morgan fingerprint density at radius 2 is 2.11 bits per heavy atom. The van der Waals surface area contributed by atoms with E-state index in [2.05, 4.69) is 28.7 Å². The molecule has 0 aliphatic rings. The molecule has 0 bridgehead atoms. The molecule has 2 N–H and O–H groups in total. The minimum atomic E-state index is -0.357. The molecule has 0 radical (unpaired) electrons. The van der Waals surface area contributed by atoms with Crippen LogP contribution in [-0.4, -0.2) is 16.1 Å². The third-order valence-electron chi connectivity index (χ3n) is 2.97. The molecule has 2 aromatic rings. The summed E-state index contributed by atoms with van der Waals surface area (Å²) in [6, 6.07) is 2.09. The number of aryl methyl sites for hydroxylation is 2. The molecule has 0 aliphatic heterocycles. The van der Waals surface area contributed by atoms with Crippen molar-refractivity contribution in [2.24, 2.45) is 0 Å². The van der Waals surface area contributed by atoms with Gasteiger partial charge in [0.15, 0.2) is 0 Å². The minimum absolute atomic E-state index is 0.316. The first-order valence-electron chi connectivity index (χ1n) is 6.12. The van der Waals surface area contributed by atoms with Crippen molar-refractivity contribution in [3.05, 3.63) is 54.5 Å². The van der Waals surface area contributed by atoms with E-state index in [1.54, 1.807) is 24.5 Å². The summed E-state index contributed by atoms with van der Waals surface area (Å²) in [7, 11) is 0. The molecular weight excluding hydrogens is 262 g/mol. The van der Waals surface area contributed by atoms with Crippen LogP contribution < -0.4 is 16.6 Å². The molecule has 102 valence electrons. The largest absolute Gasteiger partial charge is 0.328 e. The van der Waals surface area contributed by atoms with Gasteiger partial charge in [0.2, 0.25) is 0 Å². The van der Waals surface area contributed by atoms with Gasteiger partial charge in [0.1, 0.15) is 0 Å². The van der Waals surface area contributed by atoms with Crippen LogP contribution in [0.4, 0.5) is 0 Å². The molecule has 2 heterocycles. The van der Waals surface area contributed by atoms with E-state index in [-0.39, 0.29) is 11.2 Å². The molecule has 2 aromatic heterocycles. The van der Waals surface area contributed by atoms with E-state index in [4.69, 9.17) is 0 Å². The molecule has 0 aromatic carbocycles. The fraction of sp³-hybridized carbons (Fsp3) is 0.385. The molecule has 0 saturated heterocycles. The number of hydrogen-bond donors (Lipinski definition) is 2. The smallest absolute Gasteiger partial charge is 0.310 e. The van der Waals surface area contributed by atoms with Gasteiger partial charge in [0.05, 0.1) is 0 Å². The van der Waals surface area contributed by atoms with E-state index in [1.165, 1.54) is 15.0 Å². The summed E-state index contributed by atoms with van der Waals surface area (Å²) in [6.07, 6.45) is 1.60. The Morgan fingerprint density at radius 3 is 2.79 bits per heavy atom. The highest BCUT2D eigenvalue weighted by atomic mass is 32.1. The van der Waals surface area contributed by atoms with Crippen LogP contribution in [0.2, 0.25) is 0 Å². The number of nitrogens with zero attached hydrogens (tertiary/aromatic N) is 1. The molecule has 6 heteroatoms. The molecule has 0 atom stereocenters. The lowest BCUT2D eigenvalue weighted by Gasteiger charge is -2.07. The zero-order valence-electron chi connectivity index (χ0n) is 11.0. The van der Waals surface area contributed by atoms with E-state index < -0.39 is 0 Å². The third kappa shape index (κ3) is 3.42. The number of aromatic nitrogens is 2. The van der Waals surface area contributed by atoms with Crippen LogP contribution in [0, 0.1) is 13.8 Å². The maximum absolute atomic E-state index is 11.6. The summed E-state index contributed by atoms with van der Waals surface area (Å²) >= 11 is 1.72. The van der Waals surface area contributed by atoms with Gasteiger partial charge in [-0.25, -0.2) is 4.79 Å². The van der Waals surface area contributed by atoms with Gasteiger partial charge in [-0.3, -0.25) is 14.3 Å². The van der Waals surface area contributed by atoms with Crippen LogP contribution in [0.25, 0.3) is 0 Å². The van der Waals surface area contributed by atoms with Crippen LogP contribution in [-0.2, 0) is 13.1 Å². The Hall–Kier alpha value is -1.66. The maximum Gasteiger partial charge on any atom is 0.328 e. The molecule has 0 spiro atoms. The summed E-state index contributed by atoms with van der Waals surface area (Å²) in [5.41, 5.74) is 1.16. The van der Waals surface area contributed by atoms with E-state index in [0.29, 0.717) is 18.7 Å². The number of rotatable bonds is 5. The highest BCUT2D eigenvalue weighted by molar-refractivity contribution is 7.10. The monoisotopic (exact) mass is 279 g/mol. The van der Waals surface area contributed by atoms with E-state index >= 15 is 0 Å². The lowest BCUT2D eigenvalue weighted by Crippen LogP contribution is -2.33. The first-order chi connectivity index (χ1) is 9.08. The molecular formula is C13H17N3O2S. The van der Waals surface area contributed by atoms with Crippen LogP contribution >= 0.6 is 11.3 Å². The fourth-order valence-corrected chi connectivity index (χ4v) is 2.65. The standard InChI is InChI=1S/C13H17N3O2S/c1-9-3-6-19-11(9)7-14-4-5-16-8-10(2)12(17)15-13(16)18/h3,6,8,14H,4-5,7H2,1-2H3,(H,15,17,18). The van der Waals surface area contributed by atoms with Crippen LogP contribution in [0.1, 0.15) is 16.0 Å². The van der Waals surface area contributed by atoms with Crippen molar-refractivity contribution in [3.63, 3.8) is 0 Å². The average Bonchev–Trinajstić information content (AvgIpc) is 2.77. The van der Waals surface area contributed by atoms with Crippen LogP contribution in [0.5, 0.6) is 0 Å². The zero-order chi connectivity index (χ0) is 13.8. The van der Waals surface area contributed by atoms with Gasteiger partial charge in [-0.05, 0) is 30.9 Å². The van der Waals surface area contributed by atoms with Gasteiger partial charge < -0.3 is 5.32 Å². The Labute approximate surface area is 114 Å². The van der Waals surface area contributed by atoms with Crippen LogP contribution in [0.3, 0.4) is 0 Å². The average molecular weight is 279 g/mol. The number of aromatic amines is 1. The van der Waals surface area contributed by atoms with Gasteiger partial charge in [-0.15, -0.1) is 11.3 Å². The van der Waals surface area contributed by atoms with Gasteiger partial charge in [-0.1, -0.05) is 0 Å². The van der Waals surface area contributed by atoms with Crippen LogP contribution in [0.15, 0.2) is 27.2 Å². The van der Waals surface area contributed by atoms with Crippen molar-refractivity contribution >= 4 is 11.3 Å². The Kier molecular flexibility index (Phi) is 4.34. The highest BCUT2D eigenvalue weighted by Gasteiger charge is 2.01. The topological polar surface area (TPSA) is 66.9 Å². The molecule has 0 saturated carbocycles. The van der Waals surface area contributed by atoms with Gasteiger partial charge in [0, 0.05) is 36.3 Å². The lowest BCUT2D eigenvalue weighted by molar-refractivity contribution is 0.574. The second kappa shape index (κ2) is 5.99. The van der Waals surface area contributed by atoms with Crippen molar-refractivity contribution in [2.45, 2.75) is 26.9 Å². The van der Waals surface area contributed by atoms with Crippen molar-refractivity contribution in [1.29, 1.82) is 0 Å². The van der Waals surface area contributed by atoms with Gasteiger partial charge >= 0.3 is 5.69 Å². The number of nitrogens with one attached hydrogen (secondary N) is 2. The second-order valence-corrected chi connectivity index (χ2v) is 5.47. The lowest BCUT2D eigenvalue weighted by atomic mass is 10.3. The van der Waals surface area contributed by atoms with Crippen molar-refractivity contribution in [1.82, 2.24) is 14.9 Å². The summed E-state index contributed by atoms with van der Waals surface area (Å²) in [5, 5.41) is 5.37. The maximum atomic E-state index is 11.6. The zero-order valence-corrected chi connectivity index (χ0v) is 11.8. The number of H-pyrrole nitrogens is 1. The molecule has 0 aliphatic carbocycles. The summed E-state index contributed by atoms with van der Waals surface area (Å²) in [5.74, 6) is 0. The number of hydrogen-bond acceptors (Lipinski definition) is 4. The predicted molar refractivity (Wildman–Crippen MR) is 76.8 cm³/mol. The van der Waals surface area contributed by atoms with E-state index in [1.807, 2.05) is 0 Å². The molecule has 0 unspecified atom stereocenters. The van der Waals surface area contributed by atoms with Crippen molar-refractivity contribution in [3.8, 4) is 0 Å². The SMILES string of the molecule is Cc1ccsc1CNCCn1cc(C)c(=O)[nH]c1=O. The molecule has 5 nitrogen and oxygen atoms in total. The van der Waals surface area contributed by atoms with Gasteiger partial charge in [-0.2, -0.15) is 0 Å². The first kappa shape index (κ1) is 13.8. The van der Waals surface area contributed by atoms with E-state index in [0.717, 1.165) is 6.54 Å². The number of thiophene rings is 1. The molecule has 2 rings (SSSR count). The molecule has 19 heavy (non-hydrogen) atoms. The van der Waals surface area contributed by atoms with Crippen molar-refractivity contribution < 1.29 is 0 Å². The summed E-state index contributed by atoms with van der Waals surface area (Å²) in [6.45, 7) is 5.81. The second-order valence-electron chi connectivity index (χ2n) is 4.47. The highest BCUT2D eigenvalue weighted by Crippen LogP contribution is 2.14. The molecule has 0 amide bonds. The minimum Gasteiger partial charge on any atom is -0.310 e. The normalized spacial score (nSPS) is 10.8. The fourth-order valence-electron chi connectivity index (χ4n) is 1.77.